The van der Waals surface area contributed by atoms with Crippen molar-refractivity contribution in [2.24, 2.45) is 11.7 Å². The van der Waals surface area contributed by atoms with Crippen LogP contribution >= 0.6 is 27.7 Å². The molecule has 0 heterocycles. The predicted octanol–water partition coefficient (Wildman–Crippen LogP) is 4.62. The number of benzene rings is 2. The molecule has 0 aromatic heterocycles. The Hall–Kier alpha value is -1.99. The van der Waals surface area contributed by atoms with Crippen LogP contribution in [-0.4, -0.2) is 18.0 Å². The lowest BCUT2D eigenvalue weighted by Gasteiger charge is -2.22. The highest BCUT2D eigenvalue weighted by Crippen LogP contribution is 2.29. The van der Waals surface area contributed by atoms with Crippen LogP contribution in [0.5, 0.6) is 0 Å². The van der Waals surface area contributed by atoms with Gasteiger partial charge in [0, 0.05) is 20.0 Å². The van der Waals surface area contributed by atoms with Gasteiger partial charge < -0.3 is 16.4 Å². The summed E-state index contributed by atoms with van der Waals surface area (Å²) in [6.07, 6.45) is 0.751. The molecular formula is C19H22BrN3O2S. The van der Waals surface area contributed by atoms with Crippen molar-refractivity contribution in [2.75, 3.05) is 5.32 Å². The lowest BCUT2D eigenvalue weighted by atomic mass is 9.98. The zero-order valence-electron chi connectivity index (χ0n) is 14.7. The van der Waals surface area contributed by atoms with E-state index in [4.69, 9.17) is 5.73 Å². The largest absolute Gasteiger partial charge is 0.352 e. The van der Waals surface area contributed by atoms with Gasteiger partial charge in [-0.15, -0.1) is 0 Å². The quantitative estimate of drug-likeness (QED) is 0.592. The summed E-state index contributed by atoms with van der Waals surface area (Å²) in [5.74, 6) is -0.291. The number of rotatable bonds is 7. The molecule has 2 atom stereocenters. The van der Waals surface area contributed by atoms with Crippen LogP contribution < -0.4 is 16.4 Å². The van der Waals surface area contributed by atoms with Crippen LogP contribution in [0.4, 0.5) is 10.5 Å². The molecule has 5 nitrogen and oxygen atoms in total. The van der Waals surface area contributed by atoms with Gasteiger partial charge in [0.15, 0.2) is 0 Å². The number of nitrogens with two attached hydrogens (primary N) is 1. The molecular weight excluding hydrogens is 414 g/mol. The summed E-state index contributed by atoms with van der Waals surface area (Å²) in [5.41, 5.74) is 5.86. The first kappa shape index (κ1) is 20.3. The van der Waals surface area contributed by atoms with Crippen molar-refractivity contribution in [3.63, 3.8) is 0 Å². The van der Waals surface area contributed by atoms with Crippen molar-refractivity contribution in [1.29, 1.82) is 0 Å². The van der Waals surface area contributed by atoms with Crippen molar-refractivity contribution in [3.05, 3.63) is 53.0 Å². The van der Waals surface area contributed by atoms with Gasteiger partial charge in [-0.05, 0) is 54.4 Å². The molecule has 0 saturated carbocycles. The zero-order chi connectivity index (χ0) is 19.1. The molecule has 2 rings (SSSR count). The van der Waals surface area contributed by atoms with Gasteiger partial charge in [0.2, 0.25) is 5.91 Å². The van der Waals surface area contributed by atoms with Crippen LogP contribution in [0.1, 0.15) is 20.3 Å². The SMILES string of the molecule is CCC(C)C(NC(N)=O)C(=O)Nc1ccc(Sc2ccc(Br)cc2)cc1. The van der Waals surface area contributed by atoms with E-state index in [1.165, 1.54) is 0 Å². The van der Waals surface area contributed by atoms with E-state index in [9.17, 15) is 9.59 Å². The van der Waals surface area contributed by atoms with E-state index in [-0.39, 0.29) is 11.8 Å². The van der Waals surface area contributed by atoms with E-state index in [2.05, 4.69) is 26.6 Å². The van der Waals surface area contributed by atoms with E-state index in [1.807, 2.05) is 62.4 Å². The predicted molar refractivity (Wildman–Crippen MR) is 109 cm³/mol. The lowest BCUT2D eigenvalue weighted by molar-refractivity contribution is -0.119. The van der Waals surface area contributed by atoms with Crippen molar-refractivity contribution in [3.8, 4) is 0 Å². The number of urea groups is 1. The Morgan fingerprint density at radius 2 is 1.62 bits per heavy atom. The van der Waals surface area contributed by atoms with Gasteiger partial charge in [-0.25, -0.2) is 4.79 Å². The third kappa shape index (κ3) is 6.07. The van der Waals surface area contributed by atoms with Crippen LogP contribution in [0.2, 0.25) is 0 Å². The number of carbonyl (C=O) groups is 2. The minimum atomic E-state index is -0.702. The highest BCUT2D eigenvalue weighted by atomic mass is 79.9. The third-order valence-corrected chi connectivity index (χ3v) is 5.51. The Morgan fingerprint density at radius 3 is 2.12 bits per heavy atom. The molecule has 2 aromatic carbocycles. The zero-order valence-corrected chi connectivity index (χ0v) is 17.1. The van der Waals surface area contributed by atoms with Crippen molar-refractivity contribution < 1.29 is 9.59 Å². The van der Waals surface area contributed by atoms with Gasteiger partial charge in [0.25, 0.3) is 0 Å². The van der Waals surface area contributed by atoms with Crippen LogP contribution in [0.15, 0.2) is 62.8 Å². The third-order valence-electron chi connectivity index (χ3n) is 3.96. The number of carbonyl (C=O) groups excluding carboxylic acids is 2. The summed E-state index contributed by atoms with van der Waals surface area (Å²) in [6, 6.07) is 14.3. The summed E-state index contributed by atoms with van der Waals surface area (Å²) in [7, 11) is 0. The van der Waals surface area contributed by atoms with Gasteiger partial charge >= 0.3 is 6.03 Å². The lowest BCUT2D eigenvalue weighted by Crippen LogP contribution is -2.49. The fourth-order valence-corrected chi connectivity index (χ4v) is 3.40. The molecule has 7 heteroatoms. The Balaban J connectivity index is 2.01. The van der Waals surface area contributed by atoms with E-state index in [1.54, 1.807) is 11.8 Å². The molecule has 0 aliphatic rings. The van der Waals surface area contributed by atoms with Crippen molar-refractivity contribution in [2.45, 2.75) is 36.1 Å². The number of primary amides is 1. The molecule has 0 fully saturated rings. The van der Waals surface area contributed by atoms with Gasteiger partial charge in [-0.2, -0.15) is 0 Å². The Bertz CT molecular complexity index is 750. The van der Waals surface area contributed by atoms with Crippen LogP contribution in [0.3, 0.4) is 0 Å². The smallest absolute Gasteiger partial charge is 0.312 e. The molecule has 0 spiro atoms. The summed E-state index contributed by atoms with van der Waals surface area (Å²) < 4.78 is 1.04. The summed E-state index contributed by atoms with van der Waals surface area (Å²) >= 11 is 5.06. The topological polar surface area (TPSA) is 84.2 Å². The summed E-state index contributed by atoms with van der Waals surface area (Å²) in [4.78, 5) is 25.8. The number of hydrogen-bond acceptors (Lipinski definition) is 3. The first-order valence-corrected chi connectivity index (χ1v) is 9.90. The van der Waals surface area contributed by atoms with E-state index in [0.29, 0.717) is 5.69 Å². The monoisotopic (exact) mass is 435 g/mol. The molecule has 2 unspecified atom stereocenters. The second kappa shape index (κ2) is 9.64. The summed E-state index contributed by atoms with van der Waals surface area (Å²) in [6.45, 7) is 3.86. The van der Waals surface area contributed by atoms with Gasteiger partial charge in [0.1, 0.15) is 6.04 Å². The molecule has 3 amide bonds. The van der Waals surface area contributed by atoms with Gasteiger partial charge in [-0.3, -0.25) is 4.79 Å². The number of amides is 3. The van der Waals surface area contributed by atoms with Crippen molar-refractivity contribution >= 4 is 45.3 Å². The first-order valence-electron chi connectivity index (χ1n) is 8.29. The molecule has 138 valence electrons. The number of hydrogen-bond donors (Lipinski definition) is 3. The minimum absolute atomic E-state index is 0.0188. The minimum Gasteiger partial charge on any atom is -0.352 e. The average molecular weight is 436 g/mol. The molecule has 0 aliphatic carbocycles. The average Bonchev–Trinajstić information content (AvgIpc) is 2.62. The molecule has 2 aromatic rings. The second-order valence-electron chi connectivity index (χ2n) is 5.94. The second-order valence-corrected chi connectivity index (χ2v) is 8.00. The van der Waals surface area contributed by atoms with E-state index < -0.39 is 12.1 Å². The van der Waals surface area contributed by atoms with Crippen LogP contribution in [0, 0.1) is 5.92 Å². The molecule has 26 heavy (non-hydrogen) atoms. The number of anilines is 1. The molecule has 0 bridgehead atoms. The van der Waals surface area contributed by atoms with E-state index in [0.717, 1.165) is 20.7 Å². The first-order chi connectivity index (χ1) is 12.4. The van der Waals surface area contributed by atoms with Gasteiger partial charge in [-0.1, -0.05) is 48.0 Å². The normalized spacial score (nSPS) is 12.9. The molecule has 0 saturated heterocycles. The van der Waals surface area contributed by atoms with Crippen molar-refractivity contribution in [1.82, 2.24) is 5.32 Å². The highest BCUT2D eigenvalue weighted by molar-refractivity contribution is 9.10. The fourth-order valence-electron chi connectivity index (χ4n) is 2.32. The molecule has 0 radical (unpaired) electrons. The fraction of sp³-hybridized carbons (Fsp3) is 0.263. The standard InChI is InChI=1S/C19H22BrN3O2S/c1-3-12(2)17(23-19(21)25)18(24)22-14-6-10-16(11-7-14)26-15-8-4-13(20)5-9-15/h4-12,17H,3H2,1-2H3,(H,22,24)(H3,21,23,25). The number of halogens is 1. The maximum atomic E-state index is 12.5. The Kier molecular flexibility index (Phi) is 7.53. The number of nitrogens with one attached hydrogen (secondary N) is 2. The van der Waals surface area contributed by atoms with Crippen LogP contribution in [-0.2, 0) is 4.79 Å². The molecule has 4 N–H and O–H groups in total. The molecule has 0 aliphatic heterocycles. The van der Waals surface area contributed by atoms with E-state index >= 15 is 0 Å². The maximum absolute atomic E-state index is 12.5. The summed E-state index contributed by atoms with van der Waals surface area (Å²) in [5, 5.41) is 5.35. The maximum Gasteiger partial charge on any atom is 0.312 e. The highest BCUT2D eigenvalue weighted by Gasteiger charge is 2.25. The Morgan fingerprint density at radius 1 is 1.08 bits per heavy atom. The van der Waals surface area contributed by atoms with Crippen LogP contribution in [0.25, 0.3) is 0 Å². The Labute approximate surface area is 166 Å². The van der Waals surface area contributed by atoms with Gasteiger partial charge in [0.05, 0.1) is 0 Å².